The number of allylic oxidation sites excluding steroid dienone is 2. The molecule has 0 aromatic heterocycles. The highest BCUT2D eigenvalue weighted by Crippen LogP contribution is 2.66. The predicted octanol–water partition coefficient (Wildman–Crippen LogP) is 4.76. The lowest BCUT2D eigenvalue weighted by atomic mass is 9.46. The van der Waals surface area contributed by atoms with Crippen molar-refractivity contribution < 1.29 is 9.59 Å². The third-order valence-electron chi connectivity index (χ3n) is 9.04. The lowest BCUT2D eigenvalue weighted by Gasteiger charge is -2.58. The Morgan fingerprint density at radius 2 is 1.93 bits per heavy atom. The standard InChI is InChI=1S/C24H37NO2/c1-15(2)14-25-22(27)21-8-7-19-18-6-5-16-13-17(26)9-11-23(16,3)20(18)10-12-24(19,21)4/h9,11,15-16,18-21H,5-8,10,12-14H2,1-4H3,(H,25,27)/t16?,18-,19-,20+,21?,23-,24-/m0/s1. The molecule has 0 heterocycles. The van der Waals surface area contributed by atoms with Crippen LogP contribution in [0, 0.1) is 46.3 Å². The molecule has 1 N–H and O–H groups in total. The van der Waals surface area contributed by atoms with Crippen molar-refractivity contribution in [3.8, 4) is 0 Å². The summed E-state index contributed by atoms with van der Waals surface area (Å²) in [7, 11) is 0. The molecule has 3 fully saturated rings. The number of nitrogens with one attached hydrogen (secondary N) is 1. The van der Waals surface area contributed by atoms with Gasteiger partial charge < -0.3 is 5.32 Å². The molecule has 0 aromatic carbocycles. The van der Waals surface area contributed by atoms with Gasteiger partial charge in [-0.2, -0.15) is 0 Å². The third kappa shape index (κ3) is 3.00. The molecule has 0 aromatic rings. The molecule has 0 radical (unpaired) electrons. The molecule has 3 heteroatoms. The molecule has 3 nitrogen and oxygen atoms in total. The van der Waals surface area contributed by atoms with Crippen molar-refractivity contribution in [1.29, 1.82) is 0 Å². The zero-order valence-electron chi connectivity index (χ0n) is 17.6. The molecule has 150 valence electrons. The van der Waals surface area contributed by atoms with E-state index >= 15 is 0 Å². The SMILES string of the molecule is CC(C)CNC(=O)C1CC[C@H]2[C@@H]3CCC4CC(=O)C=C[C@]4(C)[C@@H]3CC[C@]12C. The minimum atomic E-state index is 0.166. The van der Waals surface area contributed by atoms with Gasteiger partial charge in [-0.1, -0.05) is 33.8 Å². The summed E-state index contributed by atoms with van der Waals surface area (Å²) in [4.78, 5) is 24.9. The highest BCUT2D eigenvalue weighted by molar-refractivity contribution is 5.91. The Hall–Kier alpha value is -1.12. The fourth-order valence-electron chi connectivity index (χ4n) is 7.49. The monoisotopic (exact) mass is 371 g/mol. The summed E-state index contributed by atoms with van der Waals surface area (Å²) in [6, 6.07) is 0. The Labute approximate surface area is 164 Å². The van der Waals surface area contributed by atoms with Crippen LogP contribution in [0.15, 0.2) is 12.2 Å². The number of hydrogen-bond donors (Lipinski definition) is 1. The maximum atomic E-state index is 12.9. The average molecular weight is 372 g/mol. The van der Waals surface area contributed by atoms with E-state index in [2.05, 4.69) is 39.1 Å². The normalized spacial score (nSPS) is 46.0. The molecule has 4 rings (SSSR count). The summed E-state index contributed by atoms with van der Waals surface area (Å²) >= 11 is 0. The number of rotatable bonds is 3. The van der Waals surface area contributed by atoms with Gasteiger partial charge in [0.2, 0.25) is 5.91 Å². The zero-order chi connectivity index (χ0) is 19.4. The van der Waals surface area contributed by atoms with Crippen molar-refractivity contribution in [1.82, 2.24) is 5.32 Å². The van der Waals surface area contributed by atoms with Crippen molar-refractivity contribution in [2.24, 2.45) is 46.3 Å². The molecule has 27 heavy (non-hydrogen) atoms. The van der Waals surface area contributed by atoms with Crippen LogP contribution in [-0.2, 0) is 9.59 Å². The van der Waals surface area contributed by atoms with Crippen LogP contribution in [0.3, 0.4) is 0 Å². The summed E-state index contributed by atoms with van der Waals surface area (Å²) in [5.41, 5.74) is 0.357. The van der Waals surface area contributed by atoms with Gasteiger partial charge in [-0.25, -0.2) is 0 Å². The van der Waals surface area contributed by atoms with Gasteiger partial charge in [-0.15, -0.1) is 0 Å². The molecular formula is C24H37NO2. The second-order valence-electron chi connectivity index (χ2n) is 10.8. The van der Waals surface area contributed by atoms with Crippen LogP contribution in [0.1, 0.15) is 72.6 Å². The Kier molecular flexibility index (Phi) is 4.79. The minimum Gasteiger partial charge on any atom is -0.356 e. The highest BCUT2D eigenvalue weighted by Gasteiger charge is 2.60. The second-order valence-corrected chi connectivity index (χ2v) is 10.8. The summed E-state index contributed by atoms with van der Waals surface area (Å²) in [6.45, 7) is 9.94. The average Bonchev–Trinajstić information content (AvgIpc) is 2.97. The fourth-order valence-corrected chi connectivity index (χ4v) is 7.49. The Bertz CT molecular complexity index is 653. The summed E-state index contributed by atoms with van der Waals surface area (Å²) in [6.07, 6.45) is 12.0. The van der Waals surface area contributed by atoms with Gasteiger partial charge in [-0.3, -0.25) is 9.59 Å². The minimum absolute atomic E-state index is 0.166. The maximum absolute atomic E-state index is 12.9. The highest BCUT2D eigenvalue weighted by atomic mass is 16.2. The van der Waals surface area contributed by atoms with Crippen molar-refractivity contribution in [3.63, 3.8) is 0 Å². The van der Waals surface area contributed by atoms with Crippen LogP contribution in [-0.4, -0.2) is 18.2 Å². The first kappa shape index (κ1) is 19.2. The Morgan fingerprint density at radius 1 is 1.15 bits per heavy atom. The van der Waals surface area contributed by atoms with Crippen LogP contribution >= 0.6 is 0 Å². The van der Waals surface area contributed by atoms with E-state index < -0.39 is 0 Å². The van der Waals surface area contributed by atoms with E-state index in [1.165, 1.54) is 32.1 Å². The Balaban J connectivity index is 1.54. The van der Waals surface area contributed by atoms with Crippen LogP contribution in [0.4, 0.5) is 0 Å². The number of fused-ring (bicyclic) bond motifs is 5. The lowest BCUT2D eigenvalue weighted by molar-refractivity contribution is -0.135. The molecule has 0 bridgehead atoms. The van der Waals surface area contributed by atoms with Gasteiger partial charge in [0.05, 0.1) is 0 Å². The van der Waals surface area contributed by atoms with Gasteiger partial charge in [-0.05, 0) is 85.0 Å². The van der Waals surface area contributed by atoms with Crippen LogP contribution < -0.4 is 5.32 Å². The maximum Gasteiger partial charge on any atom is 0.223 e. The predicted molar refractivity (Wildman–Crippen MR) is 108 cm³/mol. The molecular weight excluding hydrogens is 334 g/mol. The summed E-state index contributed by atoms with van der Waals surface area (Å²) < 4.78 is 0. The third-order valence-corrected chi connectivity index (χ3v) is 9.04. The molecule has 4 aliphatic carbocycles. The van der Waals surface area contributed by atoms with Gasteiger partial charge in [0.1, 0.15) is 0 Å². The first-order valence-electron chi connectivity index (χ1n) is 11.3. The second kappa shape index (κ2) is 6.74. The van der Waals surface area contributed by atoms with Crippen molar-refractivity contribution in [2.45, 2.75) is 72.6 Å². The molecule has 0 saturated heterocycles. The fraction of sp³-hybridized carbons (Fsp3) is 0.833. The van der Waals surface area contributed by atoms with E-state index in [4.69, 9.17) is 0 Å². The largest absolute Gasteiger partial charge is 0.356 e. The van der Waals surface area contributed by atoms with Gasteiger partial charge in [0.15, 0.2) is 5.78 Å². The first-order valence-corrected chi connectivity index (χ1v) is 11.3. The Morgan fingerprint density at radius 3 is 2.67 bits per heavy atom. The van der Waals surface area contributed by atoms with Crippen molar-refractivity contribution >= 4 is 11.7 Å². The molecule has 7 atom stereocenters. The van der Waals surface area contributed by atoms with Crippen molar-refractivity contribution in [2.75, 3.05) is 6.54 Å². The number of amides is 1. The van der Waals surface area contributed by atoms with Crippen LogP contribution in [0.5, 0.6) is 0 Å². The van der Waals surface area contributed by atoms with Crippen molar-refractivity contribution in [3.05, 3.63) is 12.2 Å². The molecule has 1 amide bonds. The van der Waals surface area contributed by atoms with E-state index in [0.29, 0.717) is 35.4 Å². The van der Waals surface area contributed by atoms with E-state index in [1.807, 2.05) is 6.08 Å². The van der Waals surface area contributed by atoms with E-state index in [9.17, 15) is 9.59 Å². The summed E-state index contributed by atoms with van der Waals surface area (Å²) in [5.74, 6) is 3.94. The van der Waals surface area contributed by atoms with E-state index in [-0.39, 0.29) is 16.7 Å². The van der Waals surface area contributed by atoms with Gasteiger partial charge >= 0.3 is 0 Å². The molecule has 0 spiro atoms. The van der Waals surface area contributed by atoms with Gasteiger partial charge in [0, 0.05) is 18.9 Å². The van der Waals surface area contributed by atoms with Crippen LogP contribution in [0.2, 0.25) is 0 Å². The number of ketones is 1. The molecule has 2 unspecified atom stereocenters. The molecule has 3 saturated carbocycles. The number of carbonyl (C=O) groups excluding carboxylic acids is 2. The first-order chi connectivity index (χ1) is 12.8. The molecule has 4 aliphatic rings. The number of carbonyl (C=O) groups is 2. The summed E-state index contributed by atoms with van der Waals surface area (Å²) in [5, 5.41) is 3.22. The molecule has 0 aliphatic heterocycles. The number of hydrogen-bond acceptors (Lipinski definition) is 2. The lowest BCUT2D eigenvalue weighted by Crippen LogP contribution is -2.53. The van der Waals surface area contributed by atoms with E-state index in [1.54, 1.807) is 0 Å². The smallest absolute Gasteiger partial charge is 0.223 e. The van der Waals surface area contributed by atoms with Gasteiger partial charge in [0.25, 0.3) is 0 Å². The topological polar surface area (TPSA) is 46.2 Å². The quantitative estimate of drug-likeness (QED) is 0.777. The zero-order valence-corrected chi connectivity index (χ0v) is 17.6. The van der Waals surface area contributed by atoms with E-state index in [0.717, 1.165) is 25.3 Å². The van der Waals surface area contributed by atoms with Crippen LogP contribution in [0.25, 0.3) is 0 Å².